The van der Waals surface area contributed by atoms with Gasteiger partial charge in [0.2, 0.25) is 0 Å². The summed E-state index contributed by atoms with van der Waals surface area (Å²) in [4.78, 5) is 12.5. The largest absolute Gasteiger partial charge is 0.497 e. The van der Waals surface area contributed by atoms with Crippen LogP contribution >= 0.6 is 11.8 Å². The number of methoxy groups -OCH3 is 2. The number of hydrogen-bond acceptors (Lipinski definition) is 6. The van der Waals surface area contributed by atoms with Gasteiger partial charge in [0.15, 0.2) is 11.0 Å². The molecule has 8 nitrogen and oxygen atoms in total. The van der Waals surface area contributed by atoms with Crippen molar-refractivity contribution in [3.63, 3.8) is 0 Å². The van der Waals surface area contributed by atoms with Gasteiger partial charge >= 0.3 is 5.97 Å². The topological polar surface area (TPSA) is 91.4 Å². The lowest BCUT2D eigenvalue weighted by atomic mass is 10.1. The Bertz CT molecular complexity index is 1630. The molecule has 5 aromatic rings. The van der Waals surface area contributed by atoms with Gasteiger partial charge in [-0.2, -0.15) is 0 Å². The first-order valence-corrected chi connectivity index (χ1v) is 13.2. The van der Waals surface area contributed by atoms with Gasteiger partial charge in [0.25, 0.3) is 0 Å². The van der Waals surface area contributed by atoms with E-state index in [4.69, 9.17) is 9.47 Å². The number of ether oxygens (including phenoxy) is 2. The normalized spacial score (nSPS) is 11.6. The number of carbonyl (C=O) groups is 1. The molecule has 0 aliphatic heterocycles. The SMILES string of the molecule is CCn1c(S/C(=C\c2cn(Cc3ccccc3)c3ccccc23)C(=O)O)nnc1-c1cc(OC)cc(OC)c1. The van der Waals surface area contributed by atoms with Crippen LogP contribution in [0, 0.1) is 0 Å². The smallest absolute Gasteiger partial charge is 0.342 e. The summed E-state index contributed by atoms with van der Waals surface area (Å²) in [6.45, 7) is 3.20. The highest BCUT2D eigenvalue weighted by molar-refractivity contribution is 8.04. The minimum atomic E-state index is -1.03. The van der Waals surface area contributed by atoms with Crippen LogP contribution in [0.2, 0.25) is 0 Å². The van der Waals surface area contributed by atoms with E-state index in [0.29, 0.717) is 35.6 Å². The van der Waals surface area contributed by atoms with E-state index in [0.717, 1.165) is 33.8 Å². The number of fused-ring (bicyclic) bond motifs is 1. The molecule has 0 unspecified atom stereocenters. The van der Waals surface area contributed by atoms with Crippen LogP contribution in [-0.4, -0.2) is 44.6 Å². The molecule has 0 aliphatic carbocycles. The zero-order valence-electron chi connectivity index (χ0n) is 21.9. The fraction of sp³-hybridized carbons (Fsp3) is 0.167. The van der Waals surface area contributed by atoms with Crippen molar-refractivity contribution in [2.45, 2.75) is 25.2 Å². The minimum Gasteiger partial charge on any atom is -0.497 e. The van der Waals surface area contributed by atoms with E-state index in [2.05, 4.69) is 26.9 Å². The van der Waals surface area contributed by atoms with E-state index in [9.17, 15) is 9.90 Å². The summed E-state index contributed by atoms with van der Waals surface area (Å²) in [5.74, 6) is 0.820. The molecule has 2 aromatic heterocycles. The molecule has 39 heavy (non-hydrogen) atoms. The molecule has 0 fully saturated rings. The average Bonchev–Trinajstić information content (AvgIpc) is 3.53. The van der Waals surface area contributed by atoms with Crippen LogP contribution in [0.4, 0.5) is 0 Å². The Morgan fingerprint density at radius 3 is 2.33 bits per heavy atom. The first-order valence-electron chi connectivity index (χ1n) is 12.4. The summed E-state index contributed by atoms with van der Waals surface area (Å²) in [7, 11) is 3.18. The molecule has 9 heteroatoms. The van der Waals surface area contributed by atoms with Crippen LogP contribution in [0.1, 0.15) is 18.1 Å². The Morgan fingerprint density at radius 1 is 0.974 bits per heavy atom. The lowest BCUT2D eigenvalue weighted by Crippen LogP contribution is -2.03. The number of rotatable bonds is 10. The van der Waals surface area contributed by atoms with Crippen LogP contribution in [-0.2, 0) is 17.9 Å². The molecule has 2 heterocycles. The van der Waals surface area contributed by atoms with Crippen LogP contribution < -0.4 is 9.47 Å². The van der Waals surface area contributed by atoms with Crippen LogP contribution in [0.15, 0.2) is 89.1 Å². The lowest BCUT2D eigenvalue weighted by molar-refractivity contribution is -0.131. The molecule has 0 bridgehead atoms. The second-order valence-corrected chi connectivity index (χ2v) is 9.79. The number of carboxylic acid groups (broad SMARTS) is 1. The fourth-order valence-corrected chi connectivity index (χ4v) is 5.35. The van der Waals surface area contributed by atoms with E-state index >= 15 is 0 Å². The molecular weight excluding hydrogens is 512 g/mol. The maximum Gasteiger partial charge on any atom is 0.342 e. The highest BCUT2D eigenvalue weighted by atomic mass is 32.2. The van der Waals surface area contributed by atoms with Gasteiger partial charge in [-0.25, -0.2) is 4.79 Å². The second-order valence-electron chi connectivity index (χ2n) is 8.78. The number of aromatic nitrogens is 4. The predicted octanol–water partition coefficient (Wildman–Crippen LogP) is 6.20. The van der Waals surface area contributed by atoms with E-state index < -0.39 is 5.97 Å². The number of hydrogen-bond donors (Lipinski definition) is 1. The summed E-state index contributed by atoms with van der Waals surface area (Å²) >= 11 is 1.08. The van der Waals surface area contributed by atoms with Crippen molar-refractivity contribution >= 4 is 34.7 Å². The van der Waals surface area contributed by atoms with Crippen molar-refractivity contribution in [1.82, 2.24) is 19.3 Å². The molecular formula is C30H28N4O4S. The van der Waals surface area contributed by atoms with Gasteiger partial charge in [0.1, 0.15) is 16.4 Å². The standard InChI is InChI=1S/C30H28N4O4S/c1-4-34-28(21-14-23(37-2)17-24(15-21)38-3)31-32-30(34)39-27(29(35)36)16-22-19-33(18-20-10-6-5-7-11-20)26-13-9-8-12-25(22)26/h5-17,19H,4,18H2,1-3H3,(H,35,36)/b27-16-. The summed E-state index contributed by atoms with van der Waals surface area (Å²) in [5, 5.41) is 20.3. The average molecular weight is 541 g/mol. The Morgan fingerprint density at radius 2 is 1.67 bits per heavy atom. The Kier molecular flexibility index (Phi) is 7.69. The molecule has 3 aromatic carbocycles. The van der Waals surface area contributed by atoms with Gasteiger partial charge < -0.3 is 23.7 Å². The third-order valence-electron chi connectivity index (χ3n) is 6.36. The van der Waals surface area contributed by atoms with Crippen molar-refractivity contribution in [1.29, 1.82) is 0 Å². The van der Waals surface area contributed by atoms with Crippen LogP contribution in [0.3, 0.4) is 0 Å². The number of carboxylic acids is 1. The van der Waals surface area contributed by atoms with Gasteiger partial charge in [-0.15, -0.1) is 10.2 Å². The first kappa shape index (κ1) is 26.1. The van der Waals surface area contributed by atoms with E-state index in [-0.39, 0.29) is 4.91 Å². The number of benzene rings is 3. The molecule has 0 atom stereocenters. The van der Waals surface area contributed by atoms with Gasteiger partial charge in [0, 0.05) is 47.4 Å². The lowest BCUT2D eigenvalue weighted by Gasteiger charge is -2.10. The van der Waals surface area contributed by atoms with Crippen LogP contribution in [0.25, 0.3) is 28.4 Å². The number of aliphatic carboxylic acids is 1. The summed E-state index contributed by atoms with van der Waals surface area (Å²) in [6.07, 6.45) is 3.71. The minimum absolute atomic E-state index is 0.148. The molecule has 0 aliphatic rings. The molecule has 1 N–H and O–H groups in total. The number of para-hydroxylation sites is 1. The third kappa shape index (κ3) is 5.53. The van der Waals surface area contributed by atoms with Crippen LogP contribution in [0.5, 0.6) is 11.5 Å². The van der Waals surface area contributed by atoms with E-state index in [1.54, 1.807) is 26.4 Å². The fourth-order valence-electron chi connectivity index (χ4n) is 4.47. The maximum absolute atomic E-state index is 12.4. The molecule has 0 saturated carbocycles. The quantitative estimate of drug-likeness (QED) is 0.166. The molecule has 0 saturated heterocycles. The van der Waals surface area contributed by atoms with Crippen molar-refractivity contribution in [3.8, 4) is 22.9 Å². The summed E-state index contributed by atoms with van der Waals surface area (Å²) in [5.41, 5.74) is 3.79. The molecule has 5 rings (SSSR count). The number of nitrogens with zero attached hydrogens (tertiary/aromatic N) is 4. The van der Waals surface area contributed by atoms with E-state index in [1.165, 1.54) is 5.56 Å². The highest BCUT2D eigenvalue weighted by Gasteiger charge is 2.20. The first-order chi connectivity index (χ1) is 19.0. The van der Waals surface area contributed by atoms with Crippen molar-refractivity contribution in [3.05, 3.63) is 95.0 Å². The molecule has 0 amide bonds. The third-order valence-corrected chi connectivity index (χ3v) is 7.35. The van der Waals surface area contributed by atoms with Gasteiger partial charge in [-0.05, 0) is 48.5 Å². The van der Waals surface area contributed by atoms with Crippen molar-refractivity contribution < 1.29 is 19.4 Å². The monoisotopic (exact) mass is 540 g/mol. The molecule has 0 radical (unpaired) electrons. The Hall–Kier alpha value is -4.50. The van der Waals surface area contributed by atoms with E-state index in [1.807, 2.05) is 72.3 Å². The zero-order valence-corrected chi connectivity index (χ0v) is 22.7. The Balaban J connectivity index is 1.52. The maximum atomic E-state index is 12.4. The summed E-state index contributed by atoms with van der Waals surface area (Å²) in [6, 6.07) is 23.7. The number of thioether (sulfide) groups is 1. The molecule has 0 spiro atoms. The van der Waals surface area contributed by atoms with Gasteiger partial charge in [0.05, 0.1) is 14.2 Å². The van der Waals surface area contributed by atoms with Crippen molar-refractivity contribution in [2.24, 2.45) is 0 Å². The zero-order chi connectivity index (χ0) is 27.4. The van der Waals surface area contributed by atoms with Crippen molar-refractivity contribution in [2.75, 3.05) is 14.2 Å². The highest BCUT2D eigenvalue weighted by Crippen LogP contribution is 2.34. The second kappa shape index (κ2) is 11.5. The van der Waals surface area contributed by atoms with Gasteiger partial charge in [-0.3, -0.25) is 0 Å². The summed E-state index contributed by atoms with van der Waals surface area (Å²) < 4.78 is 14.8. The predicted molar refractivity (Wildman–Crippen MR) is 153 cm³/mol. The Labute approximate surface area is 230 Å². The molecule has 198 valence electrons. The van der Waals surface area contributed by atoms with Gasteiger partial charge in [-0.1, -0.05) is 48.5 Å².